The fraction of sp³-hybridized carbons (Fsp3) is 0.134. The maximum atomic E-state index is 14.1. The van der Waals surface area contributed by atoms with Crippen molar-refractivity contribution in [2.24, 2.45) is 5.41 Å². The molecule has 4 heterocycles. The second kappa shape index (κ2) is 21.9. The number of likely N-dealkylation sites (tertiary alicyclic amines) is 1. The quantitative estimate of drug-likeness (QED) is 0.0951. The molecule has 78 heavy (non-hydrogen) atoms. The summed E-state index contributed by atoms with van der Waals surface area (Å²) in [5.41, 5.74) is 8.80. The second-order valence-electron chi connectivity index (χ2n) is 20.0. The standard InChI is InChI=1S/C41H35IN4O3.C26H19IN2/c42-37-35-27-34(45-26-24-40(38(45)47)23-25-44(29-40)39(48)49-28-30-13-5-1-6-14-30)21-22-36(35)46(43-37)41(31-15-7-2-8-16-31,32-17-9-3-10-18-32)33-19-11-4-12-20-33;27-24-16-17-25-20(18-24)19-28-29(25)26(21-10-4-1-5-11-21,22-12-6-2-7-13-22)23-14-8-3-9-15-23/h1-22,27H,23-26,28-29H2;1-19H/t40-;/m0./s1. The van der Waals surface area contributed by atoms with Crippen molar-refractivity contribution in [1.82, 2.24) is 24.5 Å². The van der Waals surface area contributed by atoms with Crippen LogP contribution in [0.3, 0.4) is 0 Å². The minimum atomic E-state index is -0.747. The van der Waals surface area contributed by atoms with Gasteiger partial charge in [0.05, 0.1) is 22.6 Å². The monoisotopic (exact) mass is 1240 g/mol. The number of amides is 2. The van der Waals surface area contributed by atoms with Gasteiger partial charge in [-0.05, 0) is 133 Å². The predicted molar refractivity (Wildman–Crippen MR) is 326 cm³/mol. The number of benzene rings is 9. The molecule has 9 nitrogen and oxygen atoms in total. The SMILES string of the molecule is Ic1ccc2c(cnn2C(c2ccccc2)(c2ccccc2)c2ccccc2)c1.O=C(OCc1ccccc1)N1CC[C@]2(CCN(c3ccc4c(c3)c(I)nn4C(c3ccccc3)(c3ccccc3)c3ccccc3)C2=O)C1. The summed E-state index contributed by atoms with van der Waals surface area (Å²) in [7, 11) is 0. The molecule has 0 bridgehead atoms. The Labute approximate surface area is 481 Å². The van der Waals surface area contributed by atoms with Crippen LogP contribution in [0.4, 0.5) is 10.5 Å². The lowest BCUT2D eigenvalue weighted by Gasteiger charge is -2.37. The lowest BCUT2D eigenvalue weighted by atomic mass is 9.77. The van der Waals surface area contributed by atoms with E-state index in [-0.39, 0.29) is 18.6 Å². The van der Waals surface area contributed by atoms with E-state index in [1.165, 1.54) is 20.3 Å². The Morgan fingerprint density at radius 3 is 1.47 bits per heavy atom. The maximum Gasteiger partial charge on any atom is 0.410 e. The first-order valence-electron chi connectivity index (χ1n) is 26.2. The van der Waals surface area contributed by atoms with Gasteiger partial charge in [0.25, 0.3) is 0 Å². The van der Waals surface area contributed by atoms with Crippen molar-refractivity contribution in [1.29, 1.82) is 0 Å². The molecule has 384 valence electrons. The minimum absolute atomic E-state index is 0.0693. The summed E-state index contributed by atoms with van der Waals surface area (Å²) < 4.78 is 12.0. The summed E-state index contributed by atoms with van der Waals surface area (Å²) in [5.74, 6) is 0.0693. The molecule has 2 fully saturated rings. The van der Waals surface area contributed by atoms with Crippen molar-refractivity contribution < 1.29 is 14.3 Å². The first kappa shape index (κ1) is 50.9. The van der Waals surface area contributed by atoms with E-state index in [4.69, 9.17) is 14.9 Å². The number of carbonyl (C=O) groups excluding carboxylic acids is 2. The topological polar surface area (TPSA) is 85.5 Å². The van der Waals surface area contributed by atoms with E-state index in [9.17, 15) is 9.59 Å². The van der Waals surface area contributed by atoms with Crippen molar-refractivity contribution in [2.45, 2.75) is 30.5 Å². The van der Waals surface area contributed by atoms with Gasteiger partial charge in [0.2, 0.25) is 5.91 Å². The number of carbonyl (C=O) groups is 2. The highest BCUT2D eigenvalue weighted by molar-refractivity contribution is 14.1. The number of halogens is 2. The highest BCUT2D eigenvalue weighted by atomic mass is 127. The Morgan fingerprint density at radius 2 is 0.974 bits per heavy atom. The average molecular weight is 1250 g/mol. The van der Waals surface area contributed by atoms with Gasteiger partial charge in [-0.25, -0.2) is 14.2 Å². The summed E-state index contributed by atoms with van der Waals surface area (Å²) >= 11 is 4.68. The van der Waals surface area contributed by atoms with E-state index < -0.39 is 16.5 Å². The lowest BCUT2D eigenvalue weighted by Crippen LogP contribution is -2.39. The van der Waals surface area contributed by atoms with Crippen LogP contribution in [0.1, 0.15) is 51.8 Å². The van der Waals surface area contributed by atoms with E-state index >= 15 is 0 Å². The molecule has 2 saturated heterocycles. The molecule has 11 aromatic rings. The number of ether oxygens (including phenoxy) is 1. The van der Waals surface area contributed by atoms with Crippen LogP contribution in [0.25, 0.3) is 21.8 Å². The normalized spacial score (nSPS) is 15.4. The number of rotatable bonds is 11. The van der Waals surface area contributed by atoms with Gasteiger partial charge in [0.15, 0.2) is 0 Å². The Morgan fingerprint density at radius 1 is 0.526 bits per heavy atom. The van der Waals surface area contributed by atoms with Crippen molar-refractivity contribution >= 4 is 84.7 Å². The summed E-state index contributed by atoms with van der Waals surface area (Å²) in [4.78, 5) is 30.7. The number of hydrogen-bond acceptors (Lipinski definition) is 5. The van der Waals surface area contributed by atoms with Crippen LogP contribution >= 0.6 is 45.2 Å². The molecular weight excluding hydrogens is 1190 g/mol. The van der Waals surface area contributed by atoms with Crippen LogP contribution in [0.2, 0.25) is 0 Å². The molecule has 0 N–H and O–H groups in total. The molecule has 1 atom stereocenters. The molecule has 0 aliphatic carbocycles. The fourth-order valence-electron chi connectivity index (χ4n) is 11.9. The molecule has 2 aliphatic heterocycles. The smallest absolute Gasteiger partial charge is 0.410 e. The third-order valence-corrected chi connectivity index (χ3v) is 17.0. The molecule has 2 aromatic heterocycles. The van der Waals surface area contributed by atoms with Crippen molar-refractivity contribution in [3.05, 3.63) is 301 Å². The van der Waals surface area contributed by atoms with Crippen molar-refractivity contribution in [3.8, 4) is 0 Å². The first-order valence-corrected chi connectivity index (χ1v) is 28.4. The first-order chi connectivity index (χ1) is 38.3. The zero-order valence-corrected chi connectivity index (χ0v) is 47.0. The summed E-state index contributed by atoms with van der Waals surface area (Å²) in [6.45, 7) is 1.71. The van der Waals surface area contributed by atoms with Gasteiger partial charge in [0.1, 0.15) is 21.4 Å². The fourth-order valence-corrected chi connectivity index (χ4v) is 13.0. The molecule has 9 aromatic carbocycles. The van der Waals surface area contributed by atoms with E-state index in [1.807, 2.05) is 65.7 Å². The van der Waals surface area contributed by atoms with Gasteiger partial charge in [-0.2, -0.15) is 10.2 Å². The molecule has 11 heteroatoms. The van der Waals surface area contributed by atoms with Gasteiger partial charge < -0.3 is 14.5 Å². The molecule has 1 spiro atoms. The molecule has 2 amide bonds. The Hall–Kier alpha value is -7.88. The van der Waals surface area contributed by atoms with Gasteiger partial charge >= 0.3 is 6.09 Å². The van der Waals surface area contributed by atoms with Crippen LogP contribution < -0.4 is 4.90 Å². The second-order valence-corrected chi connectivity index (χ2v) is 22.2. The molecule has 13 rings (SSSR count). The predicted octanol–water partition coefficient (Wildman–Crippen LogP) is 14.7. The summed E-state index contributed by atoms with van der Waals surface area (Å²) in [6.07, 6.45) is 2.94. The highest BCUT2D eigenvalue weighted by Crippen LogP contribution is 2.47. The highest BCUT2D eigenvalue weighted by Gasteiger charge is 2.52. The largest absolute Gasteiger partial charge is 0.445 e. The zero-order valence-electron chi connectivity index (χ0n) is 42.7. The number of fused-ring (bicyclic) bond motifs is 2. The van der Waals surface area contributed by atoms with E-state index in [0.29, 0.717) is 32.5 Å². The summed E-state index contributed by atoms with van der Waals surface area (Å²) in [6, 6.07) is 85.9. The minimum Gasteiger partial charge on any atom is -0.445 e. The number of hydrogen-bond donors (Lipinski definition) is 0. The number of nitrogens with zero attached hydrogens (tertiary/aromatic N) is 6. The molecular formula is C67H54I2N6O3. The lowest BCUT2D eigenvalue weighted by molar-refractivity contribution is -0.124. The van der Waals surface area contributed by atoms with Crippen molar-refractivity contribution in [3.63, 3.8) is 0 Å². The number of aromatic nitrogens is 4. The third kappa shape index (κ3) is 9.15. The van der Waals surface area contributed by atoms with E-state index in [1.54, 1.807) is 4.90 Å². The van der Waals surface area contributed by atoms with Crippen LogP contribution in [0.5, 0.6) is 0 Å². The number of anilines is 1. The Kier molecular flexibility index (Phi) is 14.3. The van der Waals surface area contributed by atoms with Crippen molar-refractivity contribution in [2.75, 3.05) is 24.5 Å². The van der Waals surface area contributed by atoms with Gasteiger partial charge in [-0.15, -0.1) is 0 Å². The Bertz CT molecular complexity index is 3670. The van der Waals surface area contributed by atoms with Crippen LogP contribution in [0.15, 0.2) is 255 Å². The maximum absolute atomic E-state index is 14.1. The van der Waals surface area contributed by atoms with E-state index in [0.717, 1.165) is 53.4 Å². The third-order valence-electron chi connectivity index (χ3n) is 15.6. The molecule has 0 radical (unpaired) electrons. The van der Waals surface area contributed by atoms with E-state index in [2.05, 4.69) is 249 Å². The van der Waals surface area contributed by atoms with Gasteiger partial charge in [-0.1, -0.05) is 212 Å². The summed E-state index contributed by atoms with van der Waals surface area (Å²) in [5, 5.41) is 12.3. The molecule has 0 saturated carbocycles. The van der Waals surface area contributed by atoms with Crippen LogP contribution in [-0.2, 0) is 27.2 Å². The molecule has 2 aliphatic rings. The van der Waals surface area contributed by atoms with Crippen LogP contribution in [-0.4, -0.2) is 56.1 Å². The Balaban J connectivity index is 0.000000178. The van der Waals surface area contributed by atoms with Crippen LogP contribution in [0, 0.1) is 12.7 Å². The zero-order chi connectivity index (χ0) is 53.1. The van der Waals surface area contributed by atoms with Gasteiger partial charge in [0, 0.05) is 39.7 Å². The molecule has 0 unspecified atom stereocenters. The van der Waals surface area contributed by atoms with Gasteiger partial charge in [-0.3, -0.25) is 4.79 Å². The average Bonchev–Trinajstić information content (AvgIpc) is 4.44.